The van der Waals surface area contributed by atoms with Crippen LogP contribution < -0.4 is 0 Å². The highest BCUT2D eigenvalue weighted by atomic mass is 16.6. The normalized spacial score (nSPS) is 57.1. The van der Waals surface area contributed by atoms with Crippen molar-refractivity contribution >= 4 is 11.9 Å². The number of carbonyl (C=O) groups excluding carboxylic acids is 1. The van der Waals surface area contributed by atoms with Gasteiger partial charge >= 0.3 is 11.9 Å². The zero-order valence-electron chi connectivity index (χ0n) is 15.0. The first-order valence-electron chi connectivity index (χ1n) is 9.39. The molecule has 1 saturated heterocycles. The Bertz CT molecular complexity index is 736. The number of aliphatic hydroxyl groups is 1. The van der Waals surface area contributed by atoms with E-state index in [4.69, 9.17) is 4.74 Å². The van der Waals surface area contributed by atoms with Gasteiger partial charge in [-0.25, -0.2) is 0 Å². The van der Waals surface area contributed by atoms with Gasteiger partial charge in [0, 0.05) is 18.3 Å². The molecule has 136 valence electrons. The van der Waals surface area contributed by atoms with Gasteiger partial charge in [0.2, 0.25) is 0 Å². The molecule has 7 atom stereocenters. The number of hydrogen-bond donors (Lipinski definition) is 2. The van der Waals surface area contributed by atoms with Crippen LogP contribution in [0.3, 0.4) is 0 Å². The van der Waals surface area contributed by atoms with Crippen LogP contribution in [0.5, 0.6) is 0 Å². The topological polar surface area (TPSA) is 83.8 Å². The maximum Gasteiger partial charge on any atom is 0.316 e. The lowest BCUT2D eigenvalue weighted by molar-refractivity contribution is -0.162. The van der Waals surface area contributed by atoms with Crippen LogP contribution in [0.15, 0.2) is 12.2 Å². The SMILES string of the molecule is CC1(C)C[C@]23C[C@@]1(O)CC[C@H]2[C@@]12CC=C[C@@](C)(C(=O)O1)[C@H]2[C@@H]3C(=O)O. The Morgan fingerprint density at radius 1 is 1.28 bits per heavy atom. The molecule has 0 radical (unpaired) electrons. The summed E-state index contributed by atoms with van der Waals surface area (Å²) in [6.07, 6.45) is 7.09. The van der Waals surface area contributed by atoms with Crippen LogP contribution >= 0.6 is 0 Å². The maximum absolute atomic E-state index is 12.7. The van der Waals surface area contributed by atoms with Crippen molar-refractivity contribution in [3.8, 4) is 0 Å². The molecule has 0 unspecified atom stereocenters. The minimum Gasteiger partial charge on any atom is -0.481 e. The van der Waals surface area contributed by atoms with E-state index >= 15 is 0 Å². The monoisotopic (exact) mass is 346 g/mol. The molecule has 0 aromatic heterocycles. The smallest absolute Gasteiger partial charge is 0.316 e. The number of ether oxygens (including phenoxy) is 1. The van der Waals surface area contributed by atoms with E-state index in [0.717, 1.165) is 6.42 Å². The number of fused-ring (bicyclic) bond motifs is 1. The molecular formula is C20H26O5. The first kappa shape index (κ1) is 15.9. The van der Waals surface area contributed by atoms with Gasteiger partial charge in [0.1, 0.15) is 5.60 Å². The third-order valence-electron chi connectivity index (χ3n) is 8.80. The highest BCUT2D eigenvalue weighted by molar-refractivity contribution is 5.86. The van der Waals surface area contributed by atoms with Crippen molar-refractivity contribution in [3.63, 3.8) is 0 Å². The quantitative estimate of drug-likeness (QED) is 0.563. The lowest BCUT2D eigenvalue weighted by Gasteiger charge is -2.45. The Kier molecular flexibility index (Phi) is 2.52. The minimum atomic E-state index is -0.863. The molecule has 0 aromatic rings. The third-order valence-corrected chi connectivity index (χ3v) is 8.80. The molecule has 5 rings (SSSR count). The third kappa shape index (κ3) is 1.41. The van der Waals surface area contributed by atoms with Crippen LogP contribution in [0.4, 0.5) is 0 Å². The van der Waals surface area contributed by atoms with E-state index in [0.29, 0.717) is 25.7 Å². The van der Waals surface area contributed by atoms with E-state index in [1.165, 1.54) is 0 Å². The van der Waals surface area contributed by atoms with Gasteiger partial charge in [-0.3, -0.25) is 9.59 Å². The molecule has 3 saturated carbocycles. The van der Waals surface area contributed by atoms with Gasteiger partial charge in [-0.05, 0) is 43.4 Å². The largest absolute Gasteiger partial charge is 0.481 e. The molecule has 25 heavy (non-hydrogen) atoms. The summed E-state index contributed by atoms with van der Waals surface area (Å²) in [7, 11) is 0. The van der Waals surface area contributed by atoms with Crippen LogP contribution in [0.1, 0.15) is 52.9 Å². The zero-order chi connectivity index (χ0) is 18.0. The Hall–Kier alpha value is -1.36. The number of carbonyl (C=O) groups is 2. The summed E-state index contributed by atoms with van der Waals surface area (Å²) < 4.78 is 6.05. The molecule has 1 heterocycles. The van der Waals surface area contributed by atoms with E-state index in [1.54, 1.807) is 0 Å². The maximum atomic E-state index is 12.7. The second-order valence-corrected chi connectivity index (χ2v) is 10.1. The number of aliphatic carboxylic acids is 1. The van der Waals surface area contributed by atoms with Crippen LogP contribution in [0, 0.1) is 34.0 Å². The second-order valence-electron chi connectivity index (χ2n) is 10.1. The van der Waals surface area contributed by atoms with Gasteiger partial charge in [0.25, 0.3) is 0 Å². The van der Waals surface area contributed by atoms with Crippen LogP contribution in [0.25, 0.3) is 0 Å². The fraction of sp³-hybridized carbons (Fsp3) is 0.800. The lowest BCUT2D eigenvalue weighted by Crippen LogP contribution is -2.48. The molecule has 2 N–H and O–H groups in total. The van der Waals surface area contributed by atoms with Gasteiger partial charge in [-0.15, -0.1) is 0 Å². The first-order valence-corrected chi connectivity index (χ1v) is 9.39. The van der Waals surface area contributed by atoms with Gasteiger partial charge in [-0.2, -0.15) is 0 Å². The number of carboxylic acid groups (broad SMARTS) is 1. The number of esters is 1. The molecule has 0 amide bonds. The molecule has 5 aliphatic rings. The molecule has 1 aliphatic heterocycles. The molecule has 5 nitrogen and oxygen atoms in total. The summed E-state index contributed by atoms with van der Waals surface area (Å²) >= 11 is 0. The fourth-order valence-corrected chi connectivity index (χ4v) is 7.93. The Morgan fingerprint density at radius 3 is 2.68 bits per heavy atom. The first-order chi connectivity index (χ1) is 11.5. The fourth-order valence-electron chi connectivity index (χ4n) is 7.93. The van der Waals surface area contributed by atoms with Crippen molar-refractivity contribution in [2.45, 2.75) is 64.1 Å². The summed E-state index contributed by atoms with van der Waals surface area (Å²) in [6, 6.07) is 0. The van der Waals surface area contributed by atoms with Crippen molar-refractivity contribution in [1.82, 2.24) is 0 Å². The number of rotatable bonds is 1. The molecule has 0 aromatic carbocycles. The lowest BCUT2D eigenvalue weighted by atomic mass is 9.62. The molecular weight excluding hydrogens is 320 g/mol. The van der Waals surface area contributed by atoms with E-state index < -0.39 is 33.9 Å². The summed E-state index contributed by atoms with van der Waals surface area (Å²) in [4.78, 5) is 25.2. The summed E-state index contributed by atoms with van der Waals surface area (Å²) in [5.41, 5.74) is -3.19. The molecule has 4 bridgehead atoms. The molecule has 1 spiro atoms. The van der Waals surface area contributed by atoms with Crippen molar-refractivity contribution in [2.24, 2.45) is 34.0 Å². The molecule has 4 aliphatic carbocycles. The second kappa shape index (κ2) is 3.98. The van der Waals surface area contributed by atoms with Gasteiger partial charge < -0.3 is 14.9 Å². The Labute approximate surface area is 147 Å². The number of carboxylic acids is 1. The Balaban J connectivity index is 1.76. The summed E-state index contributed by atoms with van der Waals surface area (Å²) in [5.74, 6) is -2.07. The van der Waals surface area contributed by atoms with Crippen LogP contribution in [-0.4, -0.2) is 33.4 Å². The predicted molar refractivity (Wildman–Crippen MR) is 88.4 cm³/mol. The average Bonchev–Trinajstić information content (AvgIpc) is 2.85. The average molecular weight is 346 g/mol. The van der Waals surface area contributed by atoms with Gasteiger partial charge in [0.15, 0.2) is 0 Å². The summed E-state index contributed by atoms with van der Waals surface area (Å²) in [6.45, 7) is 5.97. The van der Waals surface area contributed by atoms with Crippen LogP contribution in [-0.2, 0) is 14.3 Å². The number of hydrogen-bond acceptors (Lipinski definition) is 4. The summed E-state index contributed by atoms with van der Waals surface area (Å²) in [5, 5.41) is 21.5. The predicted octanol–water partition coefficient (Wildman–Crippen LogP) is 2.53. The highest BCUT2D eigenvalue weighted by Gasteiger charge is 2.83. The van der Waals surface area contributed by atoms with Crippen LogP contribution in [0.2, 0.25) is 0 Å². The van der Waals surface area contributed by atoms with Gasteiger partial charge in [0.05, 0.1) is 16.9 Å². The Morgan fingerprint density at radius 2 is 2.00 bits per heavy atom. The van der Waals surface area contributed by atoms with Gasteiger partial charge in [-0.1, -0.05) is 26.0 Å². The van der Waals surface area contributed by atoms with Crippen molar-refractivity contribution in [2.75, 3.05) is 0 Å². The van der Waals surface area contributed by atoms with E-state index in [2.05, 4.69) is 13.8 Å². The van der Waals surface area contributed by atoms with E-state index in [-0.39, 0.29) is 23.2 Å². The highest BCUT2D eigenvalue weighted by Crippen LogP contribution is 2.79. The van der Waals surface area contributed by atoms with Crippen molar-refractivity contribution in [3.05, 3.63) is 12.2 Å². The van der Waals surface area contributed by atoms with Crippen molar-refractivity contribution in [1.29, 1.82) is 0 Å². The zero-order valence-corrected chi connectivity index (χ0v) is 15.0. The minimum absolute atomic E-state index is 0.0175. The van der Waals surface area contributed by atoms with E-state index in [1.807, 2.05) is 19.1 Å². The molecule has 4 fully saturated rings. The standard InChI is InChI=1S/C20H26O5/c1-16(2)9-18-10-19(16,24)8-5-11(18)20-7-4-6-17(3,15(23)25-20)13(20)12(18)14(21)22/h4,6,11-13,24H,5,7-10H2,1-3H3,(H,21,22)/t11-,12-,13-,17-,18+,19+,20-/m1/s1. The molecule has 5 heteroatoms. The van der Waals surface area contributed by atoms with E-state index in [9.17, 15) is 19.8 Å². The van der Waals surface area contributed by atoms with Crippen molar-refractivity contribution < 1.29 is 24.5 Å².